The van der Waals surface area contributed by atoms with Crippen LogP contribution in [0.4, 0.5) is 10.1 Å². The van der Waals surface area contributed by atoms with Crippen molar-refractivity contribution < 1.29 is 17.6 Å². The highest BCUT2D eigenvalue weighted by Gasteiger charge is 2.34. The van der Waals surface area contributed by atoms with Gasteiger partial charge in [-0.25, -0.2) is 12.8 Å². The Morgan fingerprint density at radius 2 is 1.83 bits per heavy atom. The summed E-state index contributed by atoms with van der Waals surface area (Å²) in [6.07, 6.45) is 0.425. The van der Waals surface area contributed by atoms with Gasteiger partial charge in [0.1, 0.15) is 5.82 Å². The fourth-order valence-electron chi connectivity index (χ4n) is 2.88. The molecule has 1 heterocycles. The molecule has 126 valence electrons. The number of carbonyl (C=O) groups is 1. The largest absolute Gasteiger partial charge is 0.369 e. The normalized spacial score (nSPS) is 17.4. The molecule has 5 nitrogen and oxygen atoms in total. The Morgan fingerprint density at radius 3 is 2.50 bits per heavy atom. The molecule has 0 aliphatic carbocycles. The molecule has 0 aromatic heterocycles. The van der Waals surface area contributed by atoms with Crippen LogP contribution in [0.5, 0.6) is 0 Å². The molecule has 0 fully saturated rings. The number of rotatable bonds is 4. The van der Waals surface area contributed by atoms with Gasteiger partial charge in [-0.1, -0.05) is 30.3 Å². The van der Waals surface area contributed by atoms with E-state index < -0.39 is 27.7 Å². The van der Waals surface area contributed by atoms with Gasteiger partial charge in [-0.05, 0) is 35.7 Å². The van der Waals surface area contributed by atoms with Crippen LogP contribution in [0.25, 0.3) is 0 Å². The second kappa shape index (κ2) is 6.24. The molecule has 7 heteroatoms. The first-order chi connectivity index (χ1) is 11.4. The minimum Gasteiger partial charge on any atom is -0.369 e. The van der Waals surface area contributed by atoms with Gasteiger partial charge in [-0.2, -0.15) is 0 Å². The van der Waals surface area contributed by atoms with Crippen molar-refractivity contribution in [1.82, 2.24) is 0 Å². The summed E-state index contributed by atoms with van der Waals surface area (Å²) in [6, 6.07) is 12.4. The second-order valence-corrected chi connectivity index (χ2v) is 7.74. The third-order valence-electron chi connectivity index (χ3n) is 4.11. The van der Waals surface area contributed by atoms with Crippen LogP contribution in [0.3, 0.4) is 0 Å². The lowest BCUT2D eigenvalue weighted by molar-refractivity contribution is -0.121. The maximum absolute atomic E-state index is 13.0. The number of para-hydroxylation sites is 1. The fourth-order valence-corrected chi connectivity index (χ4v) is 4.53. The molecule has 1 amide bonds. The average Bonchev–Trinajstić information content (AvgIpc) is 2.55. The Labute approximate surface area is 139 Å². The number of nitrogens with two attached hydrogens (primary N) is 1. The van der Waals surface area contributed by atoms with Crippen molar-refractivity contribution in [2.45, 2.75) is 12.2 Å². The molecule has 1 aliphatic heterocycles. The molecular formula is C17H17FN2O3S. The van der Waals surface area contributed by atoms with E-state index in [0.717, 1.165) is 5.56 Å². The first-order valence-electron chi connectivity index (χ1n) is 7.49. The Hall–Kier alpha value is -2.41. The van der Waals surface area contributed by atoms with Gasteiger partial charge in [-0.15, -0.1) is 0 Å². The Morgan fingerprint density at radius 1 is 1.17 bits per heavy atom. The van der Waals surface area contributed by atoms with Gasteiger partial charge in [0, 0.05) is 6.54 Å². The van der Waals surface area contributed by atoms with Crippen LogP contribution in [-0.2, 0) is 27.0 Å². The van der Waals surface area contributed by atoms with Gasteiger partial charge in [-0.3, -0.25) is 9.10 Å². The highest BCUT2D eigenvalue weighted by atomic mass is 32.2. The highest BCUT2D eigenvalue weighted by molar-refractivity contribution is 7.92. The number of halogens is 1. The minimum atomic E-state index is -3.73. The third-order valence-corrected chi connectivity index (χ3v) is 5.83. The molecule has 2 aromatic carbocycles. The summed E-state index contributed by atoms with van der Waals surface area (Å²) < 4.78 is 39.9. The van der Waals surface area contributed by atoms with Crippen LogP contribution in [0, 0.1) is 11.7 Å². The summed E-state index contributed by atoms with van der Waals surface area (Å²) in [5.74, 6) is -1.78. The molecular weight excluding hydrogens is 331 g/mol. The van der Waals surface area contributed by atoms with E-state index in [1.54, 1.807) is 24.3 Å². The quantitative estimate of drug-likeness (QED) is 0.915. The summed E-state index contributed by atoms with van der Waals surface area (Å²) in [5.41, 5.74) is 7.22. The number of amides is 1. The van der Waals surface area contributed by atoms with E-state index in [9.17, 15) is 17.6 Å². The Kier molecular flexibility index (Phi) is 4.28. The maximum atomic E-state index is 13.0. The molecule has 0 bridgehead atoms. The highest BCUT2D eigenvalue weighted by Crippen LogP contribution is 2.32. The van der Waals surface area contributed by atoms with Crippen LogP contribution in [-0.4, -0.2) is 20.9 Å². The van der Waals surface area contributed by atoms with Crippen LogP contribution in [0.15, 0.2) is 48.5 Å². The second-order valence-electron chi connectivity index (χ2n) is 5.85. The molecule has 3 rings (SSSR count). The van der Waals surface area contributed by atoms with Crippen molar-refractivity contribution in [3.8, 4) is 0 Å². The lowest BCUT2D eigenvalue weighted by Gasteiger charge is -2.34. The Balaban J connectivity index is 1.96. The summed E-state index contributed by atoms with van der Waals surface area (Å²) in [7, 11) is -3.73. The number of anilines is 1. The number of hydrogen-bond donors (Lipinski definition) is 1. The maximum Gasteiger partial charge on any atom is 0.239 e. The first-order valence-corrected chi connectivity index (χ1v) is 9.10. The topological polar surface area (TPSA) is 80.5 Å². The van der Waals surface area contributed by atoms with Crippen molar-refractivity contribution in [3.63, 3.8) is 0 Å². The van der Waals surface area contributed by atoms with Gasteiger partial charge in [0.2, 0.25) is 15.9 Å². The zero-order valence-electron chi connectivity index (χ0n) is 12.9. The van der Waals surface area contributed by atoms with E-state index in [2.05, 4.69) is 0 Å². The number of nitrogens with zero attached hydrogens (tertiary/aromatic N) is 1. The molecule has 0 radical (unpaired) electrons. The SMILES string of the molecule is NC(=O)C1Cc2ccccc2N(S(=O)(=O)Cc2ccc(F)cc2)C1. The van der Waals surface area contributed by atoms with Crippen molar-refractivity contribution in [2.24, 2.45) is 11.7 Å². The van der Waals surface area contributed by atoms with Gasteiger partial charge >= 0.3 is 0 Å². The molecule has 1 unspecified atom stereocenters. The van der Waals surface area contributed by atoms with Crippen molar-refractivity contribution in [2.75, 3.05) is 10.8 Å². The smallest absolute Gasteiger partial charge is 0.239 e. The molecule has 2 N–H and O–H groups in total. The Bertz CT molecular complexity index is 866. The van der Waals surface area contributed by atoms with Crippen LogP contribution in [0.2, 0.25) is 0 Å². The van der Waals surface area contributed by atoms with E-state index in [-0.39, 0.29) is 12.3 Å². The van der Waals surface area contributed by atoms with Gasteiger partial charge < -0.3 is 5.73 Å². The minimum absolute atomic E-state index is 0.0237. The number of sulfonamides is 1. The number of fused-ring (bicyclic) bond motifs is 1. The van der Waals surface area contributed by atoms with Crippen molar-refractivity contribution >= 4 is 21.6 Å². The van der Waals surface area contributed by atoms with Crippen LogP contribution >= 0.6 is 0 Å². The van der Waals surface area contributed by atoms with E-state index in [4.69, 9.17) is 5.73 Å². The number of carbonyl (C=O) groups excluding carboxylic acids is 1. The predicted octanol–water partition coefficient (Wildman–Crippen LogP) is 1.82. The lowest BCUT2D eigenvalue weighted by Crippen LogP contribution is -2.44. The molecule has 2 aromatic rings. The summed E-state index contributed by atoms with van der Waals surface area (Å²) in [4.78, 5) is 11.6. The lowest BCUT2D eigenvalue weighted by atomic mass is 9.93. The molecule has 0 saturated carbocycles. The zero-order chi connectivity index (χ0) is 17.3. The fraction of sp³-hybridized carbons (Fsp3) is 0.235. The van der Waals surface area contributed by atoms with E-state index in [1.807, 2.05) is 0 Å². The van der Waals surface area contributed by atoms with E-state index in [1.165, 1.54) is 28.6 Å². The van der Waals surface area contributed by atoms with Crippen molar-refractivity contribution in [3.05, 3.63) is 65.5 Å². The predicted molar refractivity (Wildman–Crippen MR) is 89.2 cm³/mol. The summed E-state index contributed by atoms with van der Waals surface area (Å²) >= 11 is 0. The summed E-state index contributed by atoms with van der Waals surface area (Å²) in [5, 5.41) is 0. The molecule has 24 heavy (non-hydrogen) atoms. The van der Waals surface area contributed by atoms with Gasteiger partial charge in [0.15, 0.2) is 0 Å². The van der Waals surface area contributed by atoms with Crippen LogP contribution in [0.1, 0.15) is 11.1 Å². The first kappa shape index (κ1) is 16.4. The van der Waals surface area contributed by atoms with Gasteiger partial charge in [0.25, 0.3) is 0 Å². The molecule has 1 aliphatic rings. The van der Waals surface area contributed by atoms with Crippen LogP contribution < -0.4 is 10.0 Å². The molecule has 1 atom stereocenters. The zero-order valence-corrected chi connectivity index (χ0v) is 13.7. The molecule has 0 spiro atoms. The van der Waals surface area contributed by atoms with Crippen molar-refractivity contribution in [1.29, 1.82) is 0 Å². The third kappa shape index (κ3) is 3.26. The summed E-state index contributed by atoms with van der Waals surface area (Å²) in [6.45, 7) is 0.0237. The van der Waals surface area contributed by atoms with Gasteiger partial charge in [0.05, 0.1) is 17.4 Å². The standard InChI is InChI=1S/C17H17FN2O3S/c18-15-7-5-12(6-8-15)11-24(22,23)20-10-14(17(19)21)9-13-3-1-2-4-16(13)20/h1-8,14H,9-11H2,(H2,19,21). The number of benzene rings is 2. The van der Waals surface area contributed by atoms with E-state index >= 15 is 0 Å². The molecule has 0 saturated heterocycles. The number of primary amides is 1. The average molecular weight is 348 g/mol. The monoisotopic (exact) mass is 348 g/mol. The number of hydrogen-bond acceptors (Lipinski definition) is 3. The van der Waals surface area contributed by atoms with E-state index in [0.29, 0.717) is 17.7 Å².